The van der Waals surface area contributed by atoms with Gasteiger partial charge in [-0.15, -0.1) is 11.8 Å². The molecule has 1 aliphatic heterocycles. The van der Waals surface area contributed by atoms with Crippen LogP contribution in [0.4, 0.5) is 5.69 Å². The molecule has 2 aromatic carbocycles. The molecule has 2 aromatic rings. The van der Waals surface area contributed by atoms with Gasteiger partial charge in [-0.25, -0.2) is 0 Å². The Hall–Kier alpha value is -2.80. The van der Waals surface area contributed by atoms with Crippen molar-refractivity contribution in [1.29, 1.82) is 0 Å². The van der Waals surface area contributed by atoms with Crippen LogP contribution in [0.1, 0.15) is 47.4 Å². The highest BCUT2D eigenvalue weighted by Gasteiger charge is 2.19. The summed E-state index contributed by atoms with van der Waals surface area (Å²) in [5.41, 5.74) is 1.67. The van der Waals surface area contributed by atoms with Gasteiger partial charge in [0.25, 0.3) is 11.8 Å². The van der Waals surface area contributed by atoms with E-state index in [1.165, 1.54) is 11.8 Å². The average molecular weight is 426 g/mol. The molecule has 1 heterocycles. The van der Waals surface area contributed by atoms with Crippen molar-refractivity contribution < 1.29 is 14.4 Å². The van der Waals surface area contributed by atoms with Crippen molar-refractivity contribution in [2.75, 3.05) is 24.2 Å². The lowest BCUT2D eigenvalue weighted by Crippen LogP contribution is -2.30. The molecule has 0 unspecified atom stereocenters. The fourth-order valence-corrected chi connectivity index (χ4v) is 4.18. The molecule has 0 radical (unpaired) electrons. The third kappa shape index (κ3) is 5.86. The van der Waals surface area contributed by atoms with Gasteiger partial charge < -0.3 is 15.5 Å². The van der Waals surface area contributed by atoms with Crippen molar-refractivity contribution in [1.82, 2.24) is 10.2 Å². The zero-order valence-corrected chi connectivity index (χ0v) is 18.1. The predicted molar refractivity (Wildman–Crippen MR) is 120 cm³/mol. The monoisotopic (exact) mass is 425 g/mol. The fourth-order valence-electron chi connectivity index (χ4n) is 3.23. The van der Waals surface area contributed by atoms with E-state index < -0.39 is 0 Å². The molecule has 158 valence electrons. The van der Waals surface area contributed by atoms with E-state index in [0.29, 0.717) is 22.6 Å². The van der Waals surface area contributed by atoms with Gasteiger partial charge in [0.15, 0.2) is 0 Å². The number of rotatable bonds is 7. The van der Waals surface area contributed by atoms with Crippen molar-refractivity contribution in [2.45, 2.75) is 37.6 Å². The molecule has 0 atom stereocenters. The Morgan fingerprint density at radius 3 is 2.30 bits per heavy atom. The van der Waals surface area contributed by atoms with Crippen LogP contribution in [0.2, 0.25) is 0 Å². The summed E-state index contributed by atoms with van der Waals surface area (Å²) >= 11 is 1.39. The van der Waals surface area contributed by atoms with Crippen LogP contribution in [0.5, 0.6) is 0 Å². The van der Waals surface area contributed by atoms with Gasteiger partial charge in [0.2, 0.25) is 5.91 Å². The highest BCUT2D eigenvalue weighted by Crippen LogP contribution is 2.25. The van der Waals surface area contributed by atoms with E-state index in [0.717, 1.165) is 30.8 Å². The molecule has 7 heteroatoms. The third-order valence-corrected chi connectivity index (χ3v) is 5.82. The van der Waals surface area contributed by atoms with Crippen LogP contribution in [0.3, 0.4) is 0 Å². The number of hydrogen-bond acceptors (Lipinski definition) is 4. The maximum Gasteiger partial charge on any atom is 0.256 e. The maximum atomic E-state index is 12.8. The number of benzene rings is 2. The molecule has 0 aliphatic carbocycles. The lowest BCUT2D eigenvalue weighted by molar-refractivity contribution is -0.127. The van der Waals surface area contributed by atoms with Crippen molar-refractivity contribution in [3.8, 4) is 0 Å². The Bertz CT molecular complexity index is 906. The van der Waals surface area contributed by atoms with Gasteiger partial charge in [-0.2, -0.15) is 0 Å². The number of likely N-dealkylation sites (tertiary alicyclic amines) is 1. The van der Waals surface area contributed by atoms with Gasteiger partial charge >= 0.3 is 0 Å². The summed E-state index contributed by atoms with van der Waals surface area (Å²) in [5.74, 6) is 0.0469. The SMILES string of the molecule is CC(C)NC(=O)c1ccc(NC(=O)c2ccccc2SCC(=O)N2CCCC2)cc1. The fraction of sp³-hybridized carbons (Fsp3) is 0.348. The Morgan fingerprint density at radius 1 is 0.967 bits per heavy atom. The van der Waals surface area contributed by atoms with Crippen molar-refractivity contribution in [2.24, 2.45) is 0 Å². The van der Waals surface area contributed by atoms with Gasteiger partial charge in [0.05, 0.1) is 11.3 Å². The molecule has 0 saturated carbocycles. The van der Waals surface area contributed by atoms with Gasteiger partial charge in [0, 0.05) is 35.3 Å². The molecule has 6 nitrogen and oxygen atoms in total. The summed E-state index contributed by atoms with van der Waals surface area (Å²) in [7, 11) is 0. The zero-order chi connectivity index (χ0) is 21.5. The second-order valence-corrected chi connectivity index (χ2v) is 8.55. The lowest BCUT2D eigenvalue weighted by Gasteiger charge is -2.15. The molecule has 3 amide bonds. The number of carbonyl (C=O) groups excluding carboxylic acids is 3. The Kier molecular flexibility index (Phi) is 7.52. The van der Waals surface area contributed by atoms with Gasteiger partial charge in [-0.1, -0.05) is 12.1 Å². The number of nitrogens with one attached hydrogen (secondary N) is 2. The molecule has 1 saturated heterocycles. The smallest absolute Gasteiger partial charge is 0.256 e. The first-order chi connectivity index (χ1) is 14.4. The van der Waals surface area contributed by atoms with Crippen LogP contribution in [-0.2, 0) is 4.79 Å². The minimum Gasteiger partial charge on any atom is -0.350 e. The number of nitrogens with zero attached hydrogens (tertiary/aromatic N) is 1. The topological polar surface area (TPSA) is 78.5 Å². The third-order valence-electron chi connectivity index (χ3n) is 4.77. The van der Waals surface area contributed by atoms with E-state index in [9.17, 15) is 14.4 Å². The molecule has 3 rings (SSSR count). The molecule has 0 aromatic heterocycles. The van der Waals surface area contributed by atoms with E-state index in [2.05, 4.69) is 10.6 Å². The van der Waals surface area contributed by atoms with E-state index in [4.69, 9.17) is 0 Å². The molecule has 1 aliphatic rings. The molecule has 0 bridgehead atoms. The predicted octanol–water partition coefficient (Wildman–Crippen LogP) is 3.79. The normalized spacial score (nSPS) is 13.4. The van der Waals surface area contributed by atoms with E-state index in [1.54, 1.807) is 36.4 Å². The first-order valence-electron chi connectivity index (χ1n) is 10.2. The first-order valence-corrected chi connectivity index (χ1v) is 11.1. The number of amides is 3. The van der Waals surface area contributed by atoms with Crippen LogP contribution >= 0.6 is 11.8 Å². The minimum absolute atomic E-state index is 0.0585. The summed E-state index contributed by atoms with van der Waals surface area (Å²) in [6, 6.07) is 14.1. The van der Waals surface area contributed by atoms with Crippen LogP contribution in [0, 0.1) is 0 Å². The molecule has 1 fully saturated rings. The maximum absolute atomic E-state index is 12.8. The summed E-state index contributed by atoms with van der Waals surface area (Å²) in [6.45, 7) is 5.46. The Labute approximate surface area is 181 Å². The van der Waals surface area contributed by atoms with Gasteiger partial charge in [-0.3, -0.25) is 14.4 Å². The number of hydrogen-bond donors (Lipinski definition) is 2. The Balaban J connectivity index is 1.62. The summed E-state index contributed by atoms with van der Waals surface area (Å²) in [5, 5.41) is 5.70. The van der Waals surface area contributed by atoms with Gasteiger partial charge in [0.1, 0.15) is 0 Å². The molecule has 30 heavy (non-hydrogen) atoms. The minimum atomic E-state index is -0.244. The summed E-state index contributed by atoms with van der Waals surface area (Å²) in [6.07, 6.45) is 2.13. The molecule has 0 spiro atoms. The second-order valence-electron chi connectivity index (χ2n) is 7.53. The second kappa shape index (κ2) is 10.3. The van der Waals surface area contributed by atoms with E-state index >= 15 is 0 Å². The van der Waals surface area contributed by atoms with E-state index in [1.807, 2.05) is 30.9 Å². The number of anilines is 1. The standard InChI is InChI=1S/C23H27N3O3S/c1-16(2)24-22(28)17-9-11-18(12-10-17)25-23(29)19-7-3-4-8-20(19)30-15-21(27)26-13-5-6-14-26/h3-4,7-12,16H,5-6,13-15H2,1-2H3,(H,24,28)(H,25,29). The number of thioether (sulfide) groups is 1. The van der Waals surface area contributed by atoms with Crippen LogP contribution in [0.25, 0.3) is 0 Å². The quantitative estimate of drug-likeness (QED) is 0.662. The number of carbonyl (C=O) groups is 3. The molecule has 2 N–H and O–H groups in total. The van der Waals surface area contributed by atoms with Crippen molar-refractivity contribution in [3.63, 3.8) is 0 Å². The summed E-state index contributed by atoms with van der Waals surface area (Å²) in [4.78, 5) is 39.8. The molecular weight excluding hydrogens is 398 g/mol. The van der Waals surface area contributed by atoms with E-state index in [-0.39, 0.29) is 23.8 Å². The first kappa shape index (κ1) is 21.9. The van der Waals surface area contributed by atoms with Crippen molar-refractivity contribution >= 4 is 35.2 Å². The highest BCUT2D eigenvalue weighted by molar-refractivity contribution is 8.00. The molecular formula is C23H27N3O3S. The lowest BCUT2D eigenvalue weighted by atomic mass is 10.1. The van der Waals surface area contributed by atoms with Crippen molar-refractivity contribution in [3.05, 3.63) is 59.7 Å². The van der Waals surface area contributed by atoms with Crippen LogP contribution in [-0.4, -0.2) is 47.5 Å². The van der Waals surface area contributed by atoms with Gasteiger partial charge in [-0.05, 0) is 63.1 Å². The van der Waals surface area contributed by atoms with Crippen LogP contribution in [0.15, 0.2) is 53.4 Å². The Morgan fingerprint density at radius 2 is 1.63 bits per heavy atom. The van der Waals surface area contributed by atoms with Crippen LogP contribution < -0.4 is 10.6 Å². The zero-order valence-electron chi connectivity index (χ0n) is 17.3. The largest absolute Gasteiger partial charge is 0.350 e. The summed E-state index contributed by atoms with van der Waals surface area (Å²) < 4.78 is 0. The highest BCUT2D eigenvalue weighted by atomic mass is 32.2. The average Bonchev–Trinajstić information content (AvgIpc) is 3.27.